The number of imidazole rings is 1. The van der Waals surface area contributed by atoms with Gasteiger partial charge in [-0.3, -0.25) is 14.4 Å². The number of hydrogen-bond acceptors (Lipinski definition) is 9. The number of hydrogen-bond donors (Lipinski definition) is 5. The second-order valence-electron chi connectivity index (χ2n) is 16.7. The molecule has 1 aliphatic carbocycles. The molecule has 5 N–H and O–H groups in total. The molecular weight excluding hydrogens is 755 g/mol. The van der Waals surface area contributed by atoms with Gasteiger partial charge in [0.05, 0.1) is 11.2 Å². The molecule has 1 saturated carbocycles. The van der Waals surface area contributed by atoms with Crippen LogP contribution in [0, 0.1) is 11.8 Å². The van der Waals surface area contributed by atoms with Crippen molar-refractivity contribution >= 4 is 56.8 Å². The van der Waals surface area contributed by atoms with Crippen molar-refractivity contribution in [2.24, 2.45) is 11.8 Å². The van der Waals surface area contributed by atoms with Crippen molar-refractivity contribution in [2.45, 2.75) is 122 Å². The minimum Gasteiger partial charge on any atom is -0.444 e. The van der Waals surface area contributed by atoms with E-state index in [0.717, 1.165) is 22.7 Å². The molecule has 17 nitrogen and oxygen atoms in total. The highest BCUT2D eigenvalue weighted by Gasteiger charge is 2.61. The van der Waals surface area contributed by atoms with Gasteiger partial charge in [0, 0.05) is 45.6 Å². The third kappa shape index (κ3) is 10.2. The van der Waals surface area contributed by atoms with Crippen LogP contribution in [0.5, 0.6) is 0 Å². The van der Waals surface area contributed by atoms with Crippen LogP contribution in [0.4, 0.5) is 15.3 Å². The number of nitrogens with zero attached hydrogens (tertiary/aromatic N) is 4. The Hall–Kier alpha value is -4.71. The number of rotatable bonds is 9. The van der Waals surface area contributed by atoms with Gasteiger partial charge in [0.2, 0.25) is 11.8 Å². The summed E-state index contributed by atoms with van der Waals surface area (Å²) in [4.78, 5) is 74.9. The van der Waals surface area contributed by atoms with Crippen LogP contribution in [0.15, 0.2) is 30.4 Å². The first-order chi connectivity index (χ1) is 26.8. The molecule has 1 aromatic carbocycles. The number of ether oxygens (including phenoxy) is 1. The van der Waals surface area contributed by atoms with E-state index in [-0.39, 0.29) is 37.4 Å². The molecule has 0 spiro atoms. The van der Waals surface area contributed by atoms with Gasteiger partial charge in [0.15, 0.2) is 0 Å². The Labute approximate surface area is 335 Å². The van der Waals surface area contributed by atoms with Crippen LogP contribution in [0.1, 0.15) is 98.4 Å². The van der Waals surface area contributed by atoms with E-state index in [0.29, 0.717) is 49.3 Å². The number of para-hydroxylation sites is 1. The number of amides is 6. The largest absolute Gasteiger partial charge is 0.444 e. The normalized spacial score (nSPS) is 25.1. The first kappa shape index (κ1) is 43.4. The van der Waals surface area contributed by atoms with Crippen molar-refractivity contribution in [1.29, 1.82) is 0 Å². The standard InChI is InChI=1S/C39H59N9O8S/c1-9-40-36(52)41-27-18-15-19-29-32(27)43-31(48(29)24(2)3)21-25-20-30-33(49)44-39(35(51)45-57(54,55)46(7)8)22-26(39)16-13-11-10-12-14-17-28(34(50)47(30)23-25)42-37(53)56-38(4,5)6/h13,15-16,18-19,24-26,28,30H,9-12,14,17,20-23H2,1-8H3,(H,42,53)(H,44,49)(H,45,51)(H2,40,41,52)/b16-13-/t25-,26-,28-,30-,39+/m0/s1. The van der Waals surface area contributed by atoms with Gasteiger partial charge < -0.3 is 35.5 Å². The second-order valence-corrected chi connectivity index (χ2v) is 18.6. The SMILES string of the molecule is CCNC(=O)Nc1cccc2c1nc(C[C@@H]1C[C@H]3C(=O)N[C@]4(C(=O)NS(=O)(=O)N(C)C)C[C@@H]4/C=C\CCCCC[C@H](NC(=O)OC(C)(C)C)C(=O)N3C1)n2C(C)C. The van der Waals surface area contributed by atoms with E-state index in [9.17, 15) is 32.4 Å². The van der Waals surface area contributed by atoms with E-state index < -0.39 is 63.2 Å². The van der Waals surface area contributed by atoms with Crippen molar-refractivity contribution in [2.75, 3.05) is 32.5 Å². The Morgan fingerprint density at radius 2 is 1.86 bits per heavy atom. The fourth-order valence-corrected chi connectivity index (χ4v) is 8.27. The second kappa shape index (κ2) is 17.4. The fourth-order valence-electron chi connectivity index (χ4n) is 7.67. The van der Waals surface area contributed by atoms with Gasteiger partial charge in [-0.15, -0.1) is 0 Å². The Morgan fingerprint density at radius 3 is 2.53 bits per heavy atom. The molecule has 0 unspecified atom stereocenters. The number of nitrogens with one attached hydrogen (secondary N) is 5. The number of allylic oxidation sites excluding steroid dienone is 1. The summed E-state index contributed by atoms with van der Waals surface area (Å²) in [7, 11) is -1.58. The van der Waals surface area contributed by atoms with Crippen molar-refractivity contribution in [3.63, 3.8) is 0 Å². The highest BCUT2D eigenvalue weighted by atomic mass is 32.2. The lowest BCUT2D eigenvalue weighted by atomic mass is 10.0. The van der Waals surface area contributed by atoms with Gasteiger partial charge in [-0.05, 0) is 91.7 Å². The predicted molar refractivity (Wildman–Crippen MR) is 215 cm³/mol. The first-order valence-electron chi connectivity index (χ1n) is 19.8. The maximum absolute atomic E-state index is 14.6. The molecule has 314 valence electrons. The monoisotopic (exact) mass is 813 g/mol. The van der Waals surface area contributed by atoms with E-state index in [1.54, 1.807) is 26.8 Å². The smallest absolute Gasteiger partial charge is 0.408 e. The lowest BCUT2D eigenvalue weighted by Crippen LogP contribution is -2.58. The summed E-state index contributed by atoms with van der Waals surface area (Å²) in [5.41, 5.74) is -0.406. The van der Waals surface area contributed by atoms with Gasteiger partial charge in [-0.2, -0.15) is 12.7 Å². The lowest BCUT2D eigenvalue weighted by Gasteiger charge is -2.30. The number of benzene rings is 1. The molecule has 2 fully saturated rings. The van der Waals surface area contributed by atoms with Gasteiger partial charge >= 0.3 is 22.3 Å². The maximum atomic E-state index is 14.6. The van der Waals surface area contributed by atoms with E-state index in [4.69, 9.17) is 9.72 Å². The molecule has 3 heterocycles. The van der Waals surface area contributed by atoms with Crippen LogP contribution < -0.4 is 26.0 Å². The number of aromatic nitrogens is 2. The molecule has 0 bridgehead atoms. The Kier molecular flexibility index (Phi) is 13.3. The number of urea groups is 1. The van der Waals surface area contributed by atoms with E-state index in [2.05, 4.69) is 30.6 Å². The average molecular weight is 814 g/mol. The first-order valence-corrected chi connectivity index (χ1v) is 21.3. The number of fused-ring (bicyclic) bond motifs is 3. The van der Waals surface area contributed by atoms with E-state index in [1.165, 1.54) is 19.0 Å². The van der Waals surface area contributed by atoms with Crippen molar-refractivity contribution < 1.29 is 37.1 Å². The molecule has 2 aromatic rings. The summed E-state index contributed by atoms with van der Waals surface area (Å²) in [5.74, 6) is -1.96. The van der Waals surface area contributed by atoms with Crippen LogP contribution in [0.25, 0.3) is 11.0 Å². The number of carbonyl (C=O) groups is 5. The molecule has 18 heteroatoms. The molecule has 6 amide bonds. The minimum atomic E-state index is -4.17. The summed E-state index contributed by atoms with van der Waals surface area (Å²) in [6.45, 7) is 11.7. The zero-order valence-corrected chi connectivity index (χ0v) is 35.1. The predicted octanol–water partition coefficient (Wildman–Crippen LogP) is 3.73. The average Bonchev–Trinajstić information content (AvgIpc) is 3.42. The van der Waals surface area contributed by atoms with Gasteiger partial charge in [0.1, 0.15) is 34.6 Å². The Bertz CT molecular complexity index is 1990. The molecule has 57 heavy (non-hydrogen) atoms. The van der Waals surface area contributed by atoms with E-state index >= 15 is 0 Å². The maximum Gasteiger partial charge on any atom is 0.408 e. The molecule has 5 rings (SSSR count). The summed E-state index contributed by atoms with van der Waals surface area (Å²) < 4.78 is 36.1. The van der Waals surface area contributed by atoms with Gasteiger partial charge in [-0.25, -0.2) is 19.3 Å². The zero-order valence-electron chi connectivity index (χ0n) is 34.3. The molecule has 2 aliphatic heterocycles. The Morgan fingerprint density at radius 1 is 1.12 bits per heavy atom. The van der Waals surface area contributed by atoms with Crippen LogP contribution >= 0.6 is 0 Å². The minimum absolute atomic E-state index is 0.0272. The van der Waals surface area contributed by atoms with Crippen molar-refractivity contribution in [3.8, 4) is 0 Å². The highest BCUT2D eigenvalue weighted by Crippen LogP contribution is 2.46. The molecule has 3 aliphatic rings. The molecule has 0 radical (unpaired) electrons. The molecule has 1 aromatic heterocycles. The number of carbonyl (C=O) groups excluding carboxylic acids is 5. The zero-order chi connectivity index (χ0) is 41.9. The molecule has 5 atom stereocenters. The number of alkyl carbamates (subject to hydrolysis) is 1. The van der Waals surface area contributed by atoms with Crippen LogP contribution in [0.2, 0.25) is 0 Å². The Balaban J connectivity index is 1.51. The van der Waals surface area contributed by atoms with Crippen molar-refractivity contribution in [3.05, 3.63) is 36.2 Å². The summed E-state index contributed by atoms with van der Waals surface area (Å²) in [6, 6.07) is 3.12. The topological polar surface area (TPSA) is 213 Å². The third-order valence-electron chi connectivity index (χ3n) is 10.5. The van der Waals surface area contributed by atoms with Crippen LogP contribution in [0.3, 0.4) is 0 Å². The summed E-state index contributed by atoms with van der Waals surface area (Å²) >= 11 is 0. The summed E-state index contributed by atoms with van der Waals surface area (Å²) in [5, 5.41) is 11.3. The fraction of sp³-hybridized carbons (Fsp3) is 0.641. The lowest BCUT2D eigenvalue weighted by molar-refractivity contribution is -0.141. The van der Waals surface area contributed by atoms with Gasteiger partial charge in [0.25, 0.3) is 5.91 Å². The number of anilines is 1. The third-order valence-corrected chi connectivity index (χ3v) is 11.9. The molecule has 1 saturated heterocycles. The summed E-state index contributed by atoms with van der Waals surface area (Å²) in [6.07, 6.45) is 6.94. The highest BCUT2D eigenvalue weighted by molar-refractivity contribution is 7.87. The van der Waals surface area contributed by atoms with Crippen molar-refractivity contribution in [1.82, 2.24) is 39.4 Å². The quantitative estimate of drug-likeness (QED) is 0.233. The van der Waals surface area contributed by atoms with E-state index in [1.807, 2.05) is 45.1 Å². The van der Waals surface area contributed by atoms with Crippen LogP contribution in [-0.4, -0.2) is 107 Å². The molecular formula is C39H59N9O8S. The van der Waals surface area contributed by atoms with Crippen LogP contribution in [-0.2, 0) is 35.8 Å². The van der Waals surface area contributed by atoms with Gasteiger partial charge in [-0.1, -0.05) is 31.1 Å².